The Labute approximate surface area is 181 Å². The van der Waals surface area contributed by atoms with Crippen LogP contribution in [0.2, 0.25) is 0 Å². The molecule has 0 aliphatic rings. The van der Waals surface area contributed by atoms with Gasteiger partial charge >= 0.3 is 0 Å². The van der Waals surface area contributed by atoms with Gasteiger partial charge in [0, 0.05) is 24.7 Å². The molecular formula is C22H42O8. The second-order valence-corrected chi connectivity index (χ2v) is 7.42. The van der Waals surface area contributed by atoms with Gasteiger partial charge in [-0.3, -0.25) is 9.59 Å². The van der Waals surface area contributed by atoms with Gasteiger partial charge in [-0.1, -0.05) is 27.7 Å². The Morgan fingerprint density at radius 1 is 0.433 bits per heavy atom. The lowest BCUT2D eigenvalue weighted by Gasteiger charge is -2.08. The molecule has 0 spiro atoms. The van der Waals surface area contributed by atoms with E-state index < -0.39 is 0 Å². The standard InChI is InChI=1S/C22H42O8/c1-19(2)21(23)5-7-25-9-11-27-13-15-29-17-18-30-16-14-28-12-10-26-8-6-22(24)20(3)4/h19-20H,5-18H2,1-4H3. The molecule has 0 atom stereocenters. The van der Waals surface area contributed by atoms with E-state index in [2.05, 4.69) is 0 Å². The second kappa shape index (κ2) is 21.3. The molecule has 8 heteroatoms. The number of hydrogen-bond donors (Lipinski definition) is 0. The maximum atomic E-state index is 11.4. The number of carbonyl (C=O) groups excluding carboxylic acids is 2. The van der Waals surface area contributed by atoms with Gasteiger partial charge in [0.1, 0.15) is 11.6 Å². The summed E-state index contributed by atoms with van der Waals surface area (Å²) in [6.45, 7) is 13.4. The smallest absolute Gasteiger partial charge is 0.137 e. The van der Waals surface area contributed by atoms with Crippen LogP contribution in [0.15, 0.2) is 0 Å². The first-order valence-electron chi connectivity index (χ1n) is 11.0. The molecule has 8 nitrogen and oxygen atoms in total. The van der Waals surface area contributed by atoms with E-state index in [9.17, 15) is 9.59 Å². The molecule has 0 unspecified atom stereocenters. The van der Waals surface area contributed by atoms with Crippen LogP contribution in [0.5, 0.6) is 0 Å². The molecule has 0 aromatic heterocycles. The van der Waals surface area contributed by atoms with Crippen molar-refractivity contribution in [3.05, 3.63) is 0 Å². The Bertz CT molecular complexity index is 374. The molecule has 0 heterocycles. The lowest BCUT2D eigenvalue weighted by Crippen LogP contribution is -2.15. The fraction of sp³-hybridized carbons (Fsp3) is 0.909. The summed E-state index contributed by atoms with van der Waals surface area (Å²) in [6, 6.07) is 0. The van der Waals surface area contributed by atoms with Crippen molar-refractivity contribution >= 4 is 11.6 Å². The van der Waals surface area contributed by atoms with Crippen LogP contribution in [0.1, 0.15) is 40.5 Å². The first-order chi connectivity index (χ1) is 14.4. The van der Waals surface area contributed by atoms with Gasteiger partial charge in [-0.15, -0.1) is 0 Å². The highest BCUT2D eigenvalue weighted by atomic mass is 16.6. The third kappa shape index (κ3) is 20.4. The van der Waals surface area contributed by atoms with Crippen molar-refractivity contribution in [1.29, 1.82) is 0 Å². The minimum atomic E-state index is 0.0661. The van der Waals surface area contributed by atoms with Gasteiger partial charge in [0.05, 0.1) is 79.3 Å². The first kappa shape index (κ1) is 29.1. The molecule has 0 bridgehead atoms. The molecule has 0 amide bonds. The van der Waals surface area contributed by atoms with Crippen molar-refractivity contribution in [1.82, 2.24) is 0 Å². The van der Waals surface area contributed by atoms with E-state index in [-0.39, 0.29) is 23.4 Å². The van der Waals surface area contributed by atoms with E-state index in [1.807, 2.05) is 27.7 Å². The molecular weight excluding hydrogens is 392 g/mol. The molecule has 178 valence electrons. The monoisotopic (exact) mass is 434 g/mol. The first-order valence-corrected chi connectivity index (χ1v) is 11.0. The Morgan fingerprint density at radius 2 is 0.633 bits per heavy atom. The van der Waals surface area contributed by atoms with Crippen LogP contribution >= 0.6 is 0 Å². The average molecular weight is 435 g/mol. The molecule has 0 rings (SSSR count). The SMILES string of the molecule is CC(C)C(=O)CCOCCOCCOCCOCCOCCOCCC(=O)C(C)C. The molecule has 0 radical (unpaired) electrons. The predicted molar refractivity (Wildman–Crippen MR) is 114 cm³/mol. The summed E-state index contributed by atoms with van der Waals surface area (Å²) in [5, 5.41) is 0. The Morgan fingerprint density at radius 3 is 0.833 bits per heavy atom. The molecule has 0 aliphatic heterocycles. The third-order valence-electron chi connectivity index (χ3n) is 4.13. The number of hydrogen-bond acceptors (Lipinski definition) is 8. The van der Waals surface area contributed by atoms with Crippen molar-refractivity contribution in [3.63, 3.8) is 0 Å². The van der Waals surface area contributed by atoms with Crippen LogP contribution in [0.4, 0.5) is 0 Å². The average Bonchev–Trinajstić information content (AvgIpc) is 2.71. The van der Waals surface area contributed by atoms with Crippen molar-refractivity contribution in [2.24, 2.45) is 11.8 Å². The zero-order valence-corrected chi connectivity index (χ0v) is 19.3. The highest BCUT2D eigenvalue weighted by Gasteiger charge is 2.06. The normalized spacial score (nSPS) is 11.5. The lowest BCUT2D eigenvalue weighted by atomic mass is 10.1. The quantitative estimate of drug-likeness (QED) is 0.226. The number of ether oxygens (including phenoxy) is 6. The van der Waals surface area contributed by atoms with Gasteiger partial charge in [0.25, 0.3) is 0 Å². The van der Waals surface area contributed by atoms with Crippen LogP contribution in [0.25, 0.3) is 0 Å². The fourth-order valence-corrected chi connectivity index (χ4v) is 2.12. The summed E-state index contributed by atoms with van der Waals surface area (Å²) in [6.07, 6.45) is 0.917. The topological polar surface area (TPSA) is 89.5 Å². The minimum absolute atomic E-state index is 0.0661. The molecule has 0 saturated heterocycles. The maximum absolute atomic E-state index is 11.4. The molecule has 0 saturated carbocycles. The van der Waals surface area contributed by atoms with E-state index in [4.69, 9.17) is 28.4 Å². The largest absolute Gasteiger partial charge is 0.379 e. The van der Waals surface area contributed by atoms with Crippen LogP contribution in [-0.2, 0) is 38.0 Å². The summed E-state index contributed by atoms with van der Waals surface area (Å²) in [5.74, 6) is 0.574. The maximum Gasteiger partial charge on any atom is 0.137 e. The number of rotatable bonds is 23. The number of Topliss-reactive ketones (excluding diaryl/α,β-unsaturated/α-hetero) is 2. The minimum Gasteiger partial charge on any atom is -0.379 e. The van der Waals surface area contributed by atoms with E-state index in [0.29, 0.717) is 92.1 Å². The Hall–Kier alpha value is -0.900. The zero-order valence-electron chi connectivity index (χ0n) is 19.3. The Kier molecular flexibility index (Phi) is 20.7. The van der Waals surface area contributed by atoms with Gasteiger partial charge in [0.2, 0.25) is 0 Å². The molecule has 0 aromatic rings. The zero-order chi connectivity index (χ0) is 22.5. The van der Waals surface area contributed by atoms with E-state index >= 15 is 0 Å². The molecule has 0 aromatic carbocycles. The molecule has 0 fully saturated rings. The molecule has 0 aliphatic carbocycles. The number of ketones is 2. The highest BCUT2D eigenvalue weighted by molar-refractivity contribution is 5.80. The fourth-order valence-electron chi connectivity index (χ4n) is 2.12. The van der Waals surface area contributed by atoms with Gasteiger partial charge < -0.3 is 28.4 Å². The van der Waals surface area contributed by atoms with Crippen LogP contribution in [0.3, 0.4) is 0 Å². The van der Waals surface area contributed by atoms with Crippen molar-refractivity contribution in [3.8, 4) is 0 Å². The highest BCUT2D eigenvalue weighted by Crippen LogP contribution is 1.99. The summed E-state index contributed by atoms with van der Waals surface area (Å²) in [5.41, 5.74) is 0. The van der Waals surface area contributed by atoms with Crippen molar-refractivity contribution in [2.75, 3.05) is 79.3 Å². The lowest BCUT2D eigenvalue weighted by molar-refractivity contribution is -0.123. The van der Waals surface area contributed by atoms with Crippen LogP contribution in [0, 0.1) is 11.8 Å². The van der Waals surface area contributed by atoms with E-state index in [0.717, 1.165) is 0 Å². The van der Waals surface area contributed by atoms with Gasteiger partial charge in [-0.2, -0.15) is 0 Å². The summed E-state index contributed by atoms with van der Waals surface area (Å²) in [7, 11) is 0. The van der Waals surface area contributed by atoms with Crippen LogP contribution < -0.4 is 0 Å². The molecule has 0 N–H and O–H groups in total. The predicted octanol–water partition coefficient (Wildman–Crippen LogP) is 2.32. The summed E-state index contributed by atoms with van der Waals surface area (Å²) < 4.78 is 32.3. The van der Waals surface area contributed by atoms with Crippen LogP contribution in [-0.4, -0.2) is 90.8 Å². The molecule has 30 heavy (non-hydrogen) atoms. The number of carbonyl (C=O) groups is 2. The van der Waals surface area contributed by atoms with E-state index in [1.165, 1.54) is 0 Å². The van der Waals surface area contributed by atoms with Gasteiger partial charge in [-0.05, 0) is 0 Å². The second-order valence-electron chi connectivity index (χ2n) is 7.42. The third-order valence-corrected chi connectivity index (χ3v) is 4.13. The van der Waals surface area contributed by atoms with E-state index in [1.54, 1.807) is 0 Å². The summed E-state index contributed by atoms with van der Waals surface area (Å²) >= 11 is 0. The van der Waals surface area contributed by atoms with Gasteiger partial charge in [0.15, 0.2) is 0 Å². The summed E-state index contributed by atoms with van der Waals surface area (Å²) in [4.78, 5) is 22.8. The van der Waals surface area contributed by atoms with Crippen molar-refractivity contribution in [2.45, 2.75) is 40.5 Å². The Balaban J connectivity index is 3.11. The van der Waals surface area contributed by atoms with Crippen molar-refractivity contribution < 1.29 is 38.0 Å². The van der Waals surface area contributed by atoms with Gasteiger partial charge in [-0.25, -0.2) is 0 Å².